The molecule has 0 aliphatic heterocycles. The maximum atomic E-state index is 12.4. The number of ether oxygens (including phenoxy) is 2. The van der Waals surface area contributed by atoms with Gasteiger partial charge >= 0.3 is 0 Å². The molecular formula is C13H17BrClLiO3P. The van der Waals surface area contributed by atoms with Crippen molar-refractivity contribution < 1.29 is 14.3 Å². The van der Waals surface area contributed by atoms with Gasteiger partial charge in [0.15, 0.2) is 11.3 Å². The maximum Gasteiger partial charge on any atom is 0.188 e. The van der Waals surface area contributed by atoms with Gasteiger partial charge in [-0.05, 0) is 43.2 Å². The molecule has 0 N–H and O–H groups in total. The molecule has 1 unspecified atom stereocenters. The fourth-order valence-corrected chi connectivity index (χ4v) is 3.82. The van der Waals surface area contributed by atoms with E-state index in [0.29, 0.717) is 26.6 Å². The first-order chi connectivity index (χ1) is 9.06. The number of hydrogen-bond acceptors (Lipinski definition) is 3. The van der Waals surface area contributed by atoms with Gasteiger partial charge in [-0.25, -0.2) is 0 Å². The predicted molar refractivity (Wildman–Crippen MR) is 90.4 cm³/mol. The number of carbonyl (C=O) groups is 1. The van der Waals surface area contributed by atoms with E-state index in [1.165, 1.54) is 14.2 Å². The Morgan fingerprint density at radius 1 is 1.35 bits per heavy atom. The molecule has 107 valence electrons. The van der Waals surface area contributed by atoms with Gasteiger partial charge < -0.3 is 9.47 Å². The molecular weight excluding hydrogens is 357 g/mol. The maximum absolute atomic E-state index is 12.4. The summed E-state index contributed by atoms with van der Waals surface area (Å²) in [5.41, 5.74) is 0.448. The second-order valence-corrected chi connectivity index (χ2v) is 6.46. The minimum Gasteiger partial charge on any atom is -0.495 e. The van der Waals surface area contributed by atoms with E-state index < -0.39 is 0 Å². The molecule has 1 rings (SSSR count). The zero-order chi connectivity index (χ0) is 14.4. The van der Waals surface area contributed by atoms with Crippen molar-refractivity contribution in [2.45, 2.75) is 19.8 Å². The first kappa shape index (κ1) is 20.3. The molecule has 0 saturated carbocycles. The number of halogens is 2. The summed E-state index contributed by atoms with van der Waals surface area (Å²) in [4.78, 5) is 12.4. The molecule has 1 aromatic carbocycles. The van der Waals surface area contributed by atoms with Crippen molar-refractivity contribution in [2.75, 3.05) is 20.4 Å². The van der Waals surface area contributed by atoms with Gasteiger partial charge in [0.2, 0.25) is 0 Å². The average molecular weight is 375 g/mol. The summed E-state index contributed by atoms with van der Waals surface area (Å²) in [6.45, 7) is 2.10. The largest absolute Gasteiger partial charge is 0.495 e. The van der Waals surface area contributed by atoms with Crippen molar-refractivity contribution in [1.29, 1.82) is 0 Å². The van der Waals surface area contributed by atoms with Crippen molar-refractivity contribution in [3.63, 3.8) is 0 Å². The Bertz CT molecular complexity index is 443. The van der Waals surface area contributed by atoms with E-state index in [2.05, 4.69) is 22.9 Å². The molecule has 0 saturated heterocycles. The smallest absolute Gasteiger partial charge is 0.188 e. The molecule has 0 spiro atoms. The monoisotopic (exact) mass is 373 g/mol. The second kappa shape index (κ2) is 10.1. The molecule has 3 nitrogen and oxygen atoms in total. The Hall–Kier alpha value is 0.287. The van der Waals surface area contributed by atoms with E-state index in [9.17, 15) is 4.79 Å². The molecule has 1 atom stereocenters. The number of methoxy groups -OCH3 is 2. The Morgan fingerprint density at radius 3 is 2.45 bits per heavy atom. The summed E-state index contributed by atoms with van der Waals surface area (Å²) in [6, 6.07) is 1.67. The second-order valence-electron chi connectivity index (χ2n) is 3.89. The standard InChI is InChI=1S/C13H17BrClO3P.Li/c1-4-5-6-19-13(16)10-11(17-2)8(14)7-9(15)12(10)18-3;/h7,19H,4-6H2,1-3H3;. The molecule has 0 amide bonds. The summed E-state index contributed by atoms with van der Waals surface area (Å²) in [7, 11) is 3.23. The fraction of sp³-hybridized carbons (Fsp3) is 0.462. The Morgan fingerprint density at radius 2 is 1.95 bits per heavy atom. The van der Waals surface area contributed by atoms with Crippen LogP contribution in [0.5, 0.6) is 11.5 Å². The van der Waals surface area contributed by atoms with Gasteiger partial charge in [0.25, 0.3) is 0 Å². The van der Waals surface area contributed by atoms with Crippen LogP contribution in [-0.4, -0.2) is 44.8 Å². The van der Waals surface area contributed by atoms with E-state index in [4.69, 9.17) is 21.1 Å². The van der Waals surface area contributed by atoms with Gasteiger partial charge in [-0.15, -0.1) is 0 Å². The summed E-state index contributed by atoms with van der Waals surface area (Å²) in [6.07, 6.45) is 3.00. The molecule has 0 aliphatic carbocycles. The van der Waals surface area contributed by atoms with Crippen molar-refractivity contribution in [3.05, 3.63) is 21.1 Å². The summed E-state index contributed by atoms with van der Waals surface area (Å²) < 4.78 is 11.2. The van der Waals surface area contributed by atoms with Crippen LogP contribution in [0.4, 0.5) is 0 Å². The van der Waals surface area contributed by atoms with Gasteiger partial charge in [-0.1, -0.05) is 24.9 Å². The topological polar surface area (TPSA) is 35.5 Å². The molecule has 0 aromatic heterocycles. The average Bonchev–Trinajstić information content (AvgIpc) is 2.38. The van der Waals surface area contributed by atoms with Crippen LogP contribution in [0.2, 0.25) is 5.02 Å². The molecule has 0 aliphatic rings. The molecule has 1 aromatic rings. The van der Waals surface area contributed by atoms with E-state index in [-0.39, 0.29) is 33.0 Å². The van der Waals surface area contributed by atoms with Crippen molar-refractivity contribution in [3.8, 4) is 11.5 Å². The van der Waals surface area contributed by atoms with Gasteiger partial charge in [0, 0.05) is 18.9 Å². The molecule has 1 radical (unpaired) electrons. The van der Waals surface area contributed by atoms with Gasteiger partial charge in [0.1, 0.15) is 11.3 Å². The third kappa shape index (κ3) is 4.93. The first-order valence-electron chi connectivity index (χ1n) is 5.94. The van der Waals surface area contributed by atoms with Crippen LogP contribution in [0.3, 0.4) is 0 Å². The minimum absolute atomic E-state index is 0. The summed E-state index contributed by atoms with van der Waals surface area (Å²) in [5, 5.41) is 0.402. The normalized spacial score (nSPS) is 10.4. The van der Waals surface area contributed by atoms with Crippen LogP contribution in [0.15, 0.2) is 10.5 Å². The van der Waals surface area contributed by atoms with Crippen LogP contribution in [0.1, 0.15) is 30.1 Å². The van der Waals surface area contributed by atoms with Gasteiger partial charge in [-0.3, -0.25) is 4.79 Å². The van der Waals surface area contributed by atoms with E-state index in [0.717, 1.165) is 19.0 Å². The molecule has 0 heterocycles. The quantitative estimate of drug-likeness (QED) is 0.404. The fourth-order valence-electron chi connectivity index (χ4n) is 1.66. The Labute approximate surface area is 147 Å². The van der Waals surface area contributed by atoms with Crippen LogP contribution >= 0.6 is 36.1 Å². The van der Waals surface area contributed by atoms with Crippen molar-refractivity contribution in [1.82, 2.24) is 0 Å². The third-order valence-corrected chi connectivity index (χ3v) is 4.64. The van der Waals surface area contributed by atoms with Gasteiger partial charge in [-0.2, -0.15) is 0 Å². The van der Waals surface area contributed by atoms with Crippen molar-refractivity contribution in [2.24, 2.45) is 0 Å². The predicted octanol–water partition coefficient (Wildman–Crippen LogP) is 4.36. The summed E-state index contributed by atoms with van der Waals surface area (Å²) >= 11 is 9.47. The van der Waals surface area contributed by atoms with Crippen molar-refractivity contribution >= 4 is 60.5 Å². The van der Waals surface area contributed by atoms with Crippen LogP contribution in [-0.2, 0) is 0 Å². The molecule has 0 fully saturated rings. The van der Waals surface area contributed by atoms with E-state index >= 15 is 0 Å². The first-order valence-corrected chi connectivity index (χ1v) is 8.32. The molecule has 0 bridgehead atoms. The van der Waals surface area contributed by atoms with E-state index in [1.807, 2.05) is 0 Å². The number of hydrogen-bond donors (Lipinski definition) is 0. The zero-order valence-electron chi connectivity index (χ0n) is 12.2. The number of rotatable bonds is 7. The van der Waals surface area contributed by atoms with E-state index in [1.54, 1.807) is 6.07 Å². The number of carbonyl (C=O) groups excluding carboxylic acids is 1. The Balaban J connectivity index is 0.00000361. The van der Waals surface area contributed by atoms with Gasteiger partial charge in [0.05, 0.1) is 23.7 Å². The SMILES string of the molecule is CCCCPC(=O)c1c(OC)c(Cl)cc(Br)c1OC.[Li]. The van der Waals surface area contributed by atoms with Crippen LogP contribution in [0, 0.1) is 0 Å². The number of unbranched alkanes of at least 4 members (excludes halogenated alkanes) is 1. The van der Waals surface area contributed by atoms with Crippen LogP contribution in [0.25, 0.3) is 0 Å². The zero-order valence-corrected chi connectivity index (χ0v) is 15.5. The third-order valence-electron chi connectivity index (χ3n) is 2.59. The minimum atomic E-state index is 0. The van der Waals surface area contributed by atoms with Crippen LogP contribution < -0.4 is 9.47 Å². The Kier molecular flexibility index (Phi) is 10.2. The summed E-state index contributed by atoms with van der Waals surface area (Å²) in [5.74, 6) is 0.867. The molecule has 20 heavy (non-hydrogen) atoms. The number of benzene rings is 1. The molecule has 7 heteroatoms.